The maximum Gasteiger partial charge on any atom is 0.416 e. The van der Waals surface area contributed by atoms with Crippen molar-refractivity contribution in [3.8, 4) is 5.75 Å². The number of nitrogens with two attached hydrogens (primary N) is 1. The third kappa shape index (κ3) is 4.19. The molecule has 140 valence electrons. The Morgan fingerprint density at radius 3 is 2.69 bits per heavy atom. The lowest BCUT2D eigenvalue weighted by atomic mass is 9.76. The van der Waals surface area contributed by atoms with E-state index < -0.39 is 11.7 Å². The van der Waals surface area contributed by atoms with E-state index in [1.54, 1.807) is 6.07 Å². The Kier molecular flexibility index (Phi) is 5.53. The number of aryl methyl sites for hydroxylation is 1. The summed E-state index contributed by atoms with van der Waals surface area (Å²) in [5, 5.41) is 0. The molecule has 1 aliphatic rings. The van der Waals surface area contributed by atoms with Gasteiger partial charge in [0.25, 0.3) is 0 Å². The number of fused-ring (bicyclic) bond motifs is 1. The molecule has 2 unspecified atom stereocenters. The molecule has 0 amide bonds. The second-order valence-corrected chi connectivity index (χ2v) is 6.67. The number of hydrogen-bond donors (Lipinski definition) is 1. The van der Waals surface area contributed by atoms with Gasteiger partial charge in [-0.1, -0.05) is 24.3 Å². The van der Waals surface area contributed by atoms with Gasteiger partial charge in [-0.3, -0.25) is 0 Å². The van der Waals surface area contributed by atoms with Gasteiger partial charge in [-0.25, -0.2) is 0 Å². The summed E-state index contributed by atoms with van der Waals surface area (Å²) >= 11 is 0. The van der Waals surface area contributed by atoms with E-state index in [9.17, 15) is 13.2 Å². The molecule has 0 radical (unpaired) electrons. The summed E-state index contributed by atoms with van der Waals surface area (Å²) in [6.45, 7) is 0.480. The highest BCUT2D eigenvalue weighted by Gasteiger charge is 2.32. The molecule has 3 rings (SSSR count). The van der Waals surface area contributed by atoms with Crippen molar-refractivity contribution >= 4 is 0 Å². The predicted octanol–water partition coefficient (Wildman–Crippen LogP) is 4.74. The highest BCUT2D eigenvalue weighted by atomic mass is 19.4. The number of alkyl halides is 3. The van der Waals surface area contributed by atoms with Crippen LogP contribution >= 0.6 is 0 Å². The van der Waals surface area contributed by atoms with Crippen LogP contribution in [0.2, 0.25) is 0 Å². The van der Waals surface area contributed by atoms with Gasteiger partial charge in [0.2, 0.25) is 0 Å². The monoisotopic (exact) mass is 363 g/mol. The first-order chi connectivity index (χ1) is 12.4. The van der Waals surface area contributed by atoms with Gasteiger partial charge >= 0.3 is 6.18 Å². The van der Waals surface area contributed by atoms with Crippen molar-refractivity contribution in [2.45, 2.75) is 37.4 Å². The third-order valence-corrected chi connectivity index (χ3v) is 4.86. The number of nitrogens with one attached hydrogen (secondary N) is 1. The van der Waals surface area contributed by atoms with Gasteiger partial charge in [0.1, 0.15) is 5.75 Å². The molecule has 0 heterocycles. The maximum atomic E-state index is 13.0. The molecule has 2 aromatic rings. The van der Waals surface area contributed by atoms with Crippen LogP contribution in [0.5, 0.6) is 5.75 Å². The minimum atomic E-state index is -4.35. The van der Waals surface area contributed by atoms with E-state index in [0.717, 1.165) is 24.5 Å². The van der Waals surface area contributed by atoms with Crippen molar-refractivity contribution in [3.05, 3.63) is 70.5 Å². The highest BCUT2D eigenvalue weighted by molar-refractivity contribution is 5.42. The van der Waals surface area contributed by atoms with E-state index in [0.29, 0.717) is 24.3 Å². The minimum absolute atomic E-state index is 0.0539. The van der Waals surface area contributed by atoms with Gasteiger partial charge in [0.15, 0.2) is 0 Å². The van der Waals surface area contributed by atoms with E-state index >= 15 is 0 Å². The number of ether oxygens (including phenoxy) is 1. The maximum absolute atomic E-state index is 13.0. The Morgan fingerprint density at radius 1 is 1.15 bits per heavy atom. The SMILES string of the molecule is [NH-]CCOc1ccc2c(c1)C(Cc1cccc(C(F)(F)F)c1)C(N)CC2. The van der Waals surface area contributed by atoms with Gasteiger partial charge in [0, 0.05) is 12.0 Å². The van der Waals surface area contributed by atoms with Crippen LogP contribution in [0.3, 0.4) is 0 Å². The Balaban J connectivity index is 1.88. The van der Waals surface area contributed by atoms with Gasteiger partial charge in [-0.2, -0.15) is 13.2 Å². The summed E-state index contributed by atoms with van der Waals surface area (Å²) in [7, 11) is 0. The number of hydrogen-bond acceptors (Lipinski definition) is 2. The molecule has 0 saturated carbocycles. The quantitative estimate of drug-likeness (QED) is 0.834. The van der Waals surface area contributed by atoms with Gasteiger partial charge < -0.3 is 16.2 Å². The summed E-state index contributed by atoms with van der Waals surface area (Å²) in [6.07, 6.45) is -2.22. The molecule has 0 saturated heterocycles. The molecule has 26 heavy (non-hydrogen) atoms. The van der Waals surface area contributed by atoms with Crippen molar-refractivity contribution in [2.24, 2.45) is 5.73 Å². The Labute approximate surface area is 151 Å². The van der Waals surface area contributed by atoms with Crippen molar-refractivity contribution in [2.75, 3.05) is 13.2 Å². The van der Waals surface area contributed by atoms with Crippen molar-refractivity contribution in [1.29, 1.82) is 0 Å². The van der Waals surface area contributed by atoms with Gasteiger partial charge in [0.05, 0.1) is 12.2 Å². The zero-order valence-corrected chi connectivity index (χ0v) is 14.4. The van der Waals surface area contributed by atoms with Crippen LogP contribution in [-0.4, -0.2) is 19.2 Å². The zero-order valence-electron chi connectivity index (χ0n) is 14.4. The summed E-state index contributed by atoms with van der Waals surface area (Å²) in [5.74, 6) is 0.626. The molecule has 0 aliphatic heterocycles. The van der Waals surface area contributed by atoms with Crippen molar-refractivity contribution < 1.29 is 17.9 Å². The largest absolute Gasteiger partial charge is 0.675 e. The lowest BCUT2D eigenvalue weighted by molar-refractivity contribution is -0.137. The molecule has 0 bridgehead atoms. The molecule has 2 atom stereocenters. The summed E-state index contributed by atoms with van der Waals surface area (Å²) in [5.41, 5.74) is 15.7. The Hall–Kier alpha value is -2.05. The van der Waals surface area contributed by atoms with E-state index in [2.05, 4.69) is 0 Å². The molecule has 0 spiro atoms. The first-order valence-corrected chi connectivity index (χ1v) is 8.70. The van der Waals surface area contributed by atoms with Crippen LogP contribution in [0.15, 0.2) is 42.5 Å². The van der Waals surface area contributed by atoms with E-state index in [4.69, 9.17) is 16.2 Å². The standard InChI is InChI=1S/C20H22F3N2O/c21-20(22,23)15-3-1-2-13(10-15)11-18-17-12-16(26-9-8-24)6-4-14(17)5-7-19(18)25/h1-4,6,10,12,18-19,24H,5,7-9,11,25H2/q-1. The second kappa shape index (κ2) is 7.68. The molecular formula is C20H22F3N2O-. The Bertz CT molecular complexity index is 761. The number of rotatable bonds is 5. The molecule has 0 aromatic heterocycles. The lowest BCUT2D eigenvalue weighted by Gasteiger charge is -2.32. The van der Waals surface area contributed by atoms with E-state index in [-0.39, 0.29) is 18.5 Å². The first kappa shape index (κ1) is 18.7. The average Bonchev–Trinajstić information content (AvgIpc) is 2.62. The molecular weight excluding hydrogens is 341 g/mol. The highest BCUT2D eigenvalue weighted by Crippen LogP contribution is 2.37. The van der Waals surface area contributed by atoms with E-state index in [1.165, 1.54) is 17.7 Å². The second-order valence-electron chi connectivity index (χ2n) is 6.67. The topological polar surface area (TPSA) is 59.0 Å². The fourth-order valence-electron chi connectivity index (χ4n) is 3.55. The average molecular weight is 363 g/mol. The first-order valence-electron chi connectivity index (χ1n) is 8.70. The molecule has 0 fully saturated rings. The molecule has 3 N–H and O–H groups in total. The van der Waals surface area contributed by atoms with Gasteiger partial charge in [-0.15, -0.1) is 6.54 Å². The van der Waals surface area contributed by atoms with Crippen LogP contribution in [0, 0.1) is 0 Å². The van der Waals surface area contributed by atoms with Crippen LogP contribution in [-0.2, 0) is 19.0 Å². The fourth-order valence-corrected chi connectivity index (χ4v) is 3.55. The normalized spacial score (nSPS) is 19.9. The van der Waals surface area contributed by atoms with Crippen LogP contribution < -0.4 is 10.5 Å². The summed E-state index contributed by atoms with van der Waals surface area (Å²) < 4.78 is 44.5. The molecule has 2 aromatic carbocycles. The number of halogens is 3. The Morgan fingerprint density at radius 2 is 1.96 bits per heavy atom. The minimum Gasteiger partial charge on any atom is -0.675 e. The van der Waals surface area contributed by atoms with Crippen LogP contribution in [0.4, 0.5) is 13.2 Å². The third-order valence-electron chi connectivity index (χ3n) is 4.86. The molecule has 1 aliphatic carbocycles. The van der Waals surface area contributed by atoms with Gasteiger partial charge in [-0.05, 0) is 54.2 Å². The van der Waals surface area contributed by atoms with E-state index in [1.807, 2.05) is 18.2 Å². The predicted molar refractivity (Wildman–Crippen MR) is 95.3 cm³/mol. The molecule has 6 heteroatoms. The lowest BCUT2D eigenvalue weighted by Crippen LogP contribution is -2.34. The van der Waals surface area contributed by atoms with Crippen molar-refractivity contribution in [3.63, 3.8) is 0 Å². The number of benzene rings is 2. The zero-order chi connectivity index (χ0) is 18.7. The van der Waals surface area contributed by atoms with Crippen molar-refractivity contribution in [1.82, 2.24) is 0 Å². The smallest absolute Gasteiger partial charge is 0.416 e. The van der Waals surface area contributed by atoms with Crippen LogP contribution in [0.1, 0.15) is 34.6 Å². The fraction of sp³-hybridized carbons (Fsp3) is 0.400. The summed E-state index contributed by atoms with van der Waals surface area (Å²) in [6, 6.07) is 11.2. The summed E-state index contributed by atoms with van der Waals surface area (Å²) in [4.78, 5) is 0. The van der Waals surface area contributed by atoms with Crippen LogP contribution in [0.25, 0.3) is 5.73 Å². The molecule has 3 nitrogen and oxygen atoms in total.